The molecule has 68 valence electrons. The largest absolute Gasteiger partial charge is 0.303 e. The van der Waals surface area contributed by atoms with Crippen LogP contribution in [0.15, 0.2) is 30.3 Å². The molecular weight excluding hydrogens is 159 g/mol. The van der Waals surface area contributed by atoms with Crippen LogP contribution in [0.2, 0.25) is 6.32 Å². The Morgan fingerprint density at radius 2 is 1.92 bits per heavy atom. The van der Waals surface area contributed by atoms with E-state index < -0.39 is 0 Å². The van der Waals surface area contributed by atoms with E-state index in [1.165, 1.54) is 5.56 Å². The lowest BCUT2D eigenvalue weighted by molar-refractivity contribution is -0.107. The second-order valence-electron chi connectivity index (χ2n) is 2.75. The highest BCUT2D eigenvalue weighted by Crippen LogP contribution is 1.92. The van der Waals surface area contributed by atoms with Crippen molar-refractivity contribution in [2.45, 2.75) is 26.1 Å². The number of carbonyl (C=O) groups excluding carboxylic acids is 1. The third-order valence-corrected chi connectivity index (χ3v) is 1.47. The molecule has 0 amide bonds. The van der Waals surface area contributed by atoms with Crippen molar-refractivity contribution in [2.75, 3.05) is 0 Å². The van der Waals surface area contributed by atoms with Crippen LogP contribution in [0.3, 0.4) is 0 Å². The Hall–Kier alpha value is -1.05. The molecule has 2 radical (unpaired) electrons. The van der Waals surface area contributed by atoms with Crippen LogP contribution < -0.4 is 0 Å². The van der Waals surface area contributed by atoms with Crippen molar-refractivity contribution in [1.29, 1.82) is 0 Å². The fourth-order valence-corrected chi connectivity index (χ4v) is 0.736. The van der Waals surface area contributed by atoms with Gasteiger partial charge in [0.1, 0.15) is 6.29 Å². The van der Waals surface area contributed by atoms with Gasteiger partial charge in [-0.15, -0.1) is 0 Å². The van der Waals surface area contributed by atoms with E-state index in [1.807, 2.05) is 18.2 Å². The first-order chi connectivity index (χ1) is 6.31. The van der Waals surface area contributed by atoms with Gasteiger partial charge >= 0.3 is 0 Å². The van der Waals surface area contributed by atoms with E-state index in [0.717, 1.165) is 12.7 Å². The summed E-state index contributed by atoms with van der Waals surface area (Å²) < 4.78 is 0. The SMILES string of the molecule is Cc1ccccc1.[B]CCCC=O. The molecule has 2 heteroatoms. The number of carbonyl (C=O) groups is 1. The maximum absolute atomic E-state index is 9.51. The molecule has 0 aliphatic heterocycles. The highest BCUT2D eigenvalue weighted by Gasteiger charge is 1.75. The number of aryl methyl sites for hydroxylation is 1. The van der Waals surface area contributed by atoms with Crippen molar-refractivity contribution in [2.24, 2.45) is 0 Å². The Kier molecular flexibility index (Phi) is 8.32. The van der Waals surface area contributed by atoms with Crippen molar-refractivity contribution in [1.82, 2.24) is 0 Å². The average Bonchev–Trinajstić information content (AvgIpc) is 2.17. The molecule has 0 heterocycles. The zero-order chi connectivity index (χ0) is 9.94. The molecular formula is C11H15BO. The minimum atomic E-state index is 0.608. The molecule has 0 spiro atoms. The lowest BCUT2D eigenvalue weighted by Crippen LogP contribution is -1.72. The lowest BCUT2D eigenvalue weighted by atomic mass is 10.0. The number of benzene rings is 1. The van der Waals surface area contributed by atoms with Gasteiger partial charge in [-0.05, 0) is 6.92 Å². The Balaban J connectivity index is 0.000000226. The molecule has 0 unspecified atom stereocenters. The highest BCUT2D eigenvalue weighted by molar-refractivity contribution is 6.08. The summed E-state index contributed by atoms with van der Waals surface area (Å²) in [5.41, 5.74) is 1.32. The van der Waals surface area contributed by atoms with Gasteiger partial charge in [0.05, 0.1) is 7.85 Å². The summed E-state index contributed by atoms with van der Waals surface area (Å²) in [5.74, 6) is 0. The predicted octanol–water partition coefficient (Wildman–Crippen LogP) is 2.55. The van der Waals surface area contributed by atoms with Crippen molar-refractivity contribution in [3.8, 4) is 0 Å². The summed E-state index contributed by atoms with van der Waals surface area (Å²) in [7, 11) is 5.06. The summed E-state index contributed by atoms with van der Waals surface area (Å²) in [6, 6.07) is 10.3. The second-order valence-corrected chi connectivity index (χ2v) is 2.75. The van der Waals surface area contributed by atoms with E-state index >= 15 is 0 Å². The highest BCUT2D eigenvalue weighted by atomic mass is 16.1. The molecule has 0 saturated heterocycles. The number of hydrogen-bond acceptors (Lipinski definition) is 1. The molecule has 0 aliphatic rings. The molecule has 1 aromatic carbocycles. The van der Waals surface area contributed by atoms with E-state index in [4.69, 9.17) is 7.85 Å². The summed E-state index contributed by atoms with van der Waals surface area (Å²) in [5, 5.41) is 0. The van der Waals surface area contributed by atoms with Crippen LogP contribution in [-0.4, -0.2) is 14.1 Å². The van der Waals surface area contributed by atoms with Crippen LogP contribution in [-0.2, 0) is 4.79 Å². The van der Waals surface area contributed by atoms with E-state index in [1.54, 1.807) is 0 Å². The van der Waals surface area contributed by atoms with E-state index in [-0.39, 0.29) is 0 Å². The Bertz CT molecular complexity index is 209. The van der Waals surface area contributed by atoms with Gasteiger partial charge in [-0.1, -0.05) is 48.6 Å². The fraction of sp³-hybridized carbons (Fsp3) is 0.364. The molecule has 0 atom stereocenters. The first kappa shape index (κ1) is 12.0. The van der Waals surface area contributed by atoms with Gasteiger partial charge in [-0.2, -0.15) is 0 Å². The third-order valence-electron chi connectivity index (χ3n) is 1.47. The van der Waals surface area contributed by atoms with Gasteiger partial charge in [-0.25, -0.2) is 0 Å². The van der Waals surface area contributed by atoms with Gasteiger partial charge in [0, 0.05) is 6.42 Å². The maximum Gasteiger partial charge on any atom is 0.119 e. The minimum Gasteiger partial charge on any atom is -0.303 e. The molecule has 1 aromatic rings. The van der Waals surface area contributed by atoms with Crippen LogP contribution in [0.5, 0.6) is 0 Å². The van der Waals surface area contributed by atoms with Crippen molar-refractivity contribution in [3.05, 3.63) is 35.9 Å². The first-order valence-corrected chi connectivity index (χ1v) is 4.46. The van der Waals surface area contributed by atoms with Crippen LogP contribution in [0.4, 0.5) is 0 Å². The number of unbranched alkanes of at least 4 members (excludes halogenated alkanes) is 1. The van der Waals surface area contributed by atoms with Crippen LogP contribution in [0.1, 0.15) is 18.4 Å². The Labute approximate surface area is 81.6 Å². The third kappa shape index (κ3) is 8.86. The zero-order valence-corrected chi connectivity index (χ0v) is 8.07. The van der Waals surface area contributed by atoms with E-state index in [2.05, 4.69) is 19.1 Å². The molecule has 0 saturated carbocycles. The van der Waals surface area contributed by atoms with Crippen LogP contribution >= 0.6 is 0 Å². The summed E-state index contributed by atoms with van der Waals surface area (Å²) >= 11 is 0. The Morgan fingerprint density at radius 3 is 2.15 bits per heavy atom. The maximum atomic E-state index is 9.51. The molecule has 13 heavy (non-hydrogen) atoms. The number of hydrogen-bond donors (Lipinski definition) is 0. The van der Waals surface area contributed by atoms with Crippen molar-refractivity contribution >= 4 is 14.1 Å². The van der Waals surface area contributed by atoms with Gasteiger partial charge in [0.25, 0.3) is 0 Å². The minimum absolute atomic E-state index is 0.608. The van der Waals surface area contributed by atoms with Gasteiger partial charge in [0.2, 0.25) is 0 Å². The van der Waals surface area contributed by atoms with Crippen molar-refractivity contribution in [3.63, 3.8) is 0 Å². The Morgan fingerprint density at radius 1 is 1.31 bits per heavy atom. The molecule has 0 N–H and O–H groups in total. The van der Waals surface area contributed by atoms with Gasteiger partial charge in [0.15, 0.2) is 0 Å². The zero-order valence-electron chi connectivity index (χ0n) is 8.07. The quantitative estimate of drug-likeness (QED) is 0.391. The number of rotatable bonds is 3. The van der Waals surface area contributed by atoms with E-state index in [9.17, 15) is 4.79 Å². The van der Waals surface area contributed by atoms with Gasteiger partial charge in [-0.3, -0.25) is 0 Å². The monoisotopic (exact) mass is 174 g/mol. The first-order valence-electron chi connectivity index (χ1n) is 4.46. The summed E-state index contributed by atoms with van der Waals surface area (Å²) in [6.45, 7) is 2.08. The molecule has 0 fully saturated rings. The summed E-state index contributed by atoms with van der Waals surface area (Å²) in [4.78, 5) is 9.51. The predicted molar refractivity (Wildman–Crippen MR) is 57.0 cm³/mol. The fourth-order valence-electron chi connectivity index (χ4n) is 0.736. The smallest absolute Gasteiger partial charge is 0.119 e. The molecule has 0 aromatic heterocycles. The molecule has 0 bridgehead atoms. The van der Waals surface area contributed by atoms with Gasteiger partial charge < -0.3 is 4.79 Å². The van der Waals surface area contributed by atoms with Crippen LogP contribution in [0.25, 0.3) is 0 Å². The lowest BCUT2D eigenvalue weighted by Gasteiger charge is -1.82. The molecule has 1 rings (SSSR count). The second kappa shape index (κ2) is 9.05. The molecule has 0 aliphatic carbocycles. The standard InChI is InChI=1S/C7H8.C4H7BO/c1-7-5-3-2-4-6-7;5-3-1-2-4-6/h2-6H,1H3;4H,1-3H2. The topological polar surface area (TPSA) is 17.1 Å². The van der Waals surface area contributed by atoms with Crippen molar-refractivity contribution < 1.29 is 4.79 Å². The normalized spacial score (nSPS) is 8.38. The average molecular weight is 174 g/mol. The van der Waals surface area contributed by atoms with E-state index in [0.29, 0.717) is 12.7 Å². The summed E-state index contributed by atoms with van der Waals surface area (Å²) in [6.07, 6.45) is 2.94. The number of aldehydes is 1. The van der Waals surface area contributed by atoms with Crippen LogP contribution in [0, 0.1) is 6.92 Å². The molecule has 1 nitrogen and oxygen atoms in total.